The van der Waals surface area contributed by atoms with Crippen LogP contribution in [-0.4, -0.2) is 46.2 Å². The van der Waals surface area contributed by atoms with E-state index in [0.29, 0.717) is 46.8 Å². The van der Waals surface area contributed by atoms with Gasteiger partial charge in [0.05, 0.1) is 5.71 Å². The summed E-state index contributed by atoms with van der Waals surface area (Å²) in [5.74, 6) is 1.73. The normalized spacial score (nSPS) is 30.7. The Balaban J connectivity index is 2.09. The number of allylic oxidation sites excluding steroid dienone is 8. The molecule has 214 valence electrons. The van der Waals surface area contributed by atoms with Gasteiger partial charge in [0.25, 0.3) is 0 Å². The van der Waals surface area contributed by atoms with Crippen LogP contribution in [0.4, 0.5) is 0 Å². The molecule has 3 aliphatic rings. The van der Waals surface area contributed by atoms with Gasteiger partial charge in [0.2, 0.25) is 0 Å². The molecule has 7 heteroatoms. The molecule has 0 aromatic heterocycles. The second-order valence-corrected chi connectivity index (χ2v) is 12.9. The Bertz CT molecular complexity index is 1120. The first-order valence-electron chi connectivity index (χ1n) is 14.3. The van der Waals surface area contributed by atoms with Gasteiger partial charge in [-0.2, -0.15) is 0 Å². The molecule has 0 saturated carbocycles. The maximum Gasteiger partial charge on any atom is 0.186 e. The van der Waals surface area contributed by atoms with E-state index >= 15 is 0 Å². The highest BCUT2D eigenvalue weighted by Gasteiger charge is 2.31. The fraction of sp³-hybridized carbons (Fsp3) is 0.562. The summed E-state index contributed by atoms with van der Waals surface area (Å²) in [7, 11) is 0. The maximum absolute atomic E-state index is 12.9. The summed E-state index contributed by atoms with van der Waals surface area (Å²) >= 11 is -1.63. The van der Waals surface area contributed by atoms with E-state index in [1.807, 2.05) is 12.2 Å². The van der Waals surface area contributed by atoms with E-state index in [1.165, 1.54) is 24.0 Å². The highest BCUT2D eigenvalue weighted by atomic mass is 32.2. The lowest BCUT2D eigenvalue weighted by Crippen LogP contribution is -2.49. The highest BCUT2D eigenvalue weighted by Crippen LogP contribution is 2.31. The zero-order valence-corrected chi connectivity index (χ0v) is 25.8. The molecular formula is C32H48N4O2S. The van der Waals surface area contributed by atoms with Gasteiger partial charge in [-0.05, 0) is 87.5 Å². The number of rotatable bonds is 3. The van der Waals surface area contributed by atoms with Gasteiger partial charge in [-0.1, -0.05) is 56.6 Å². The maximum atomic E-state index is 12.9. The van der Waals surface area contributed by atoms with Gasteiger partial charge in [-0.25, -0.2) is 4.99 Å². The van der Waals surface area contributed by atoms with Crippen LogP contribution in [0.25, 0.3) is 0 Å². The molecular weight excluding hydrogens is 504 g/mol. The summed E-state index contributed by atoms with van der Waals surface area (Å²) < 4.78 is 23.6. The average molecular weight is 553 g/mol. The molecule has 3 unspecified atom stereocenters. The van der Waals surface area contributed by atoms with Crippen molar-refractivity contribution in [1.29, 1.82) is 0 Å². The summed E-state index contributed by atoms with van der Waals surface area (Å²) in [5.41, 5.74) is 11.9. The Morgan fingerprint density at radius 3 is 2.67 bits per heavy atom. The first-order valence-corrected chi connectivity index (χ1v) is 15.4. The predicted molar refractivity (Wildman–Crippen MR) is 167 cm³/mol. The number of hydrogen-bond acceptors (Lipinski definition) is 6. The van der Waals surface area contributed by atoms with Crippen molar-refractivity contribution in [2.24, 2.45) is 27.0 Å². The third-order valence-corrected chi connectivity index (χ3v) is 8.62. The van der Waals surface area contributed by atoms with E-state index in [1.54, 1.807) is 13.0 Å². The van der Waals surface area contributed by atoms with Crippen LogP contribution in [0.3, 0.4) is 0 Å². The Hall–Kier alpha value is -2.35. The van der Waals surface area contributed by atoms with Gasteiger partial charge in [0.1, 0.15) is 18.0 Å². The smallest absolute Gasteiger partial charge is 0.186 e. The molecule has 0 radical (unpaired) electrons. The zero-order chi connectivity index (χ0) is 28.7. The number of ether oxygens (including phenoxy) is 1. The standard InChI is InChI=1S/C32H48N4O2S/c1-21(2)16-28-20-38-31(33)19-29(32-24(5)17-22(3)18-25(32)6)34-27(8)35-39(37)26(7)13-11-12-23(4)30-14-9-10-15-36(28)30/h11-13,17,19,21-22,28,30H,7,9-10,14-16,18,20,33H2,1-6,8H3/b13-11-,23-12+,31-19?,34-29?,35-27?/t22-,28?,30?,39?/m0/s1. The molecule has 3 rings (SSSR count). The second kappa shape index (κ2) is 14.3. The van der Waals surface area contributed by atoms with E-state index < -0.39 is 11.4 Å². The lowest BCUT2D eigenvalue weighted by atomic mass is 9.84. The molecule has 2 heterocycles. The molecule has 4 atom stereocenters. The lowest BCUT2D eigenvalue weighted by Gasteiger charge is -2.42. The van der Waals surface area contributed by atoms with Crippen molar-refractivity contribution in [3.63, 3.8) is 0 Å². The van der Waals surface area contributed by atoms with Gasteiger partial charge in [-0.15, -0.1) is 0 Å². The molecule has 2 aliphatic heterocycles. The van der Waals surface area contributed by atoms with Crippen molar-refractivity contribution in [2.75, 3.05) is 13.2 Å². The SMILES string of the molecule is C=C1/C=C\C=C(/C)C2CCCCN2C(CC(C)C)COC(N)=CC(C2=C(C)C[C@@H](C)C=C2C)=NC(C)=N[S+]1[O-]. The van der Waals surface area contributed by atoms with Crippen molar-refractivity contribution < 1.29 is 9.29 Å². The van der Waals surface area contributed by atoms with E-state index in [0.717, 1.165) is 37.0 Å². The number of aliphatic imine (C=N–C) groups is 1. The van der Waals surface area contributed by atoms with E-state index in [4.69, 9.17) is 15.5 Å². The molecule has 1 saturated heterocycles. The van der Waals surface area contributed by atoms with Crippen LogP contribution in [0, 0.1) is 11.8 Å². The fourth-order valence-corrected chi connectivity index (χ4v) is 6.61. The van der Waals surface area contributed by atoms with Crippen LogP contribution in [0.5, 0.6) is 0 Å². The van der Waals surface area contributed by atoms with Crippen LogP contribution >= 0.6 is 0 Å². The second-order valence-electron chi connectivity index (χ2n) is 11.7. The Labute approximate surface area is 239 Å². The van der Waals surface area contributed by atoms with Crippen LogP contribution in [0.15, 0.2) is 79.4 Å². The third-order valence-electron chi connectivity index (χ3n) is 7.61. The molecule has 39 heavy (non-hydrogen) atoms. The summed E-state index contributed by atoms with van der Waals surface area (Å²) in [6, 6.07) is 0.576. The minimum absolute atomic E-state index is 0.245. The van der Waals surface area contributed by atoms with Crippen molar-refractivity contribution in [3.8, 4) is 0 Å². The van der Waals surface area contributed by atoms with E-state index in [-0.39, 0.29) is 6.04 Å². The quantitative estimate of drug-likeness (QED) is 0.385. The molecule has 1 fully saturated rings. The Morgan fingerprint density at radius 1 is 1.23 bits per heavy atom. The molecule has 0 spiro atoms. The summed E-state index contributed by atoms with van der Waals surface area (Å²) in [4.78, 5) is 7.85. The Morgan fingerprint density at radius 2 is 1.97 bits per heavy atom. The van der Waals surface area contributed by atoms with Crippen LogP contribution in [-0.2, 0) is 16.1 Å². The summed E-state index contributed by atoms with van der Waals surface area (Å²) in [5, 5.41) is 0. The molecule has 2 N–H and O–H groups in total. The number of amidine groups is 1. The molecule has 0 bridgehead atoms. The number of nitrogens with zero attached hydrogens (tertiary/aromatic N) is 3. The number of hydrogen-bond donors (Lipinski definition) is 1. The highest BCUT2D eigenvalue weighted by molar-refractivity contribution is 7.94. The first-order chi connectivity index (χ1) is 18.5. The zero-order valence-electron chi connectivity index (χ0n) is 25.0. The van der Waals surface area contributed by atoms with Crippen LogP contribution in [0.1, 0.15) is 80.6 Å². The number of nitrogens with two attached hydrogens (primary N) is 1. The van der Waals surface area contributed by atoms with Gasteiger partial charge >= 0.3 is 0 Å². The third kappa shape index (κ3) is 8.82. The molecule has 0 aromatic carbocycles. The summed E-state index contributed by atoms with van der Waals surface area (Å²) in [6.07, 6.45) is 15.4. The predicted octanol–water partition coefficient (Wildman–Crippen LogP) is 6.93. The van der Waals surface area contributed by atoms with Crippen LogP contribution in [0.2, 0.25) is 0 Å². The van der Waals surface area contributed by atoms with Gasteiger partial charge < -0.3 is 15.0 Å². The monoisotopic (exact) mass is 552 g/mol. The number of fused-ring (bicyclic) bond motifs is 1. The fourth-order valence-electron chi connectivity index (χ4n) is 6.01. The molecule has 0 amide bonds. The Kier molecular flexibility index (Phi) is 11.5. The topological polar surface area (TPSA) is 86.3 Å². The van der Waals surface area contributed by atoms with Crippen molar-refractivity contribution in [3.05, 3.63) is 70.0 Å². The average Bonchev–Trinajstić information content (AvgIpc) is 2.84. The summed E-state index contributed by atoms with van der Waals surface area (Å²) in [6.45, 7) is 20.5. The first kappa shape index (κ1) is 31.2. The molecule has 1 aliphatic carbocycles. The largest absolute Gasteiger partial charge is 0.586 e. The van der Waals surface area contributed by atoms with Gasteiger partial charge in [-0.3, -0.25) is 4.90 Å². The lowest BCUT2D eigenvalue weighted by molar-refractivity contribution is 0.0455. The van der Waals surface area contributed by atoms with E-state index in [2.05, 4.69) is 69.6 Å². The van der Waals surface area contributed by atoms with Gasteiger partial charge in [0, 0.05) is 30.7 Å². The van der Waals surface area contributed by atoms with Crippen molar-refractivity contribution in [2.45, 2.75) is 92.7 Å². The minimum atomic E-state index is -1.63. The van der Waals surface area contributed by atoms with Crippen LogP contribution < -0.4 is 5.73 Å². The molecule has 6 nitrogen and oxygen atoms in total. The van der Waals surface area contributed by atoms with Gasteiger partial charge in [0.15, 0.2) is 16.6 Å². The van der Waals surface area contributed by atoms with E-state index in [9.17, 15) is 4.55 Å². The van der Waals surface area contributed by atoms with Crippen molar-refractivity contribution >= 4 is 22.9 Å². The number of piperidine rings is 1. The molecule has 0 aromatic rings. The van der Waals surface area contributed by atoms with Crippen molar-refractivity contribution in [1.82, 2.24) is 4.90 Å². The minimum Gasteiger partial charge on any atom is -0.586 e.